The molecule has 2 rings (SSSR count). The minimum atomic E-state index is 0.912. The number of rotatable bonds is 1. The summed E-state index contributed by atoms with van der Waals surface area (Å²) in [5.41, 5.74) is 0. The van der Waals surface area contributed by atoms with Gasteiger partial charge in [0.05, 0.1) is 0 Å². The molecule has 0 N–H and O–H groups in total. The van der Waals surface area contributed by atoms with E-state index in [4.69, 9.17) is 0 Å². The van der Waals surface area contributed by atoms with Gasteiger partial charge in [-0.1, -0.05) is 40.5 Å². The van der Waals surface area contributed by atoms with Gasteiger partial charge in [0.25, 0.3) is 0 Å². The summed E-state index contributed by atoms with van der Waals surface area (Å²) < 4.78 is 0. The minimum Gasteiger partial charge on any atom is -0.0625 e. The van der Waals surface area contributed by atoms with Crippen LogP contribution in [0.5, 0.6) is 0 Å². The molecule has 0 saturated heterocycles. The van der Waals surface area contributed by atoms with Gasteiger partial charge in [0.2, 0.25) is 0 Å². The molecule has 15 heavy (non-hydrogen) atoms. The molecule has 2 fully saturated rings. The largest absolute Gasteiger partial charge is 0.0625 e. The highest BCUT2D eigenvalue weighted by atomic mass is 14.5. The van der Waals surface area contributed by atoms with Gasteiger partial charge >= 0.3 is 0 Å². The van der Waals surface area contributed by atoms with Crippen molar-refractivity contribution >= 4 is 0 Å². The lowest BCUT2D eigenvalue weighted by molar-refractivity contribution is 0.0182. The third-order valence-electron chi connectivity index (χ3n) is 5.31. The van der Waals surface area contributed by atoms with Gasteiger partial charge in [-0.2, -0.15) is 0 Å². The van der Waals surface area contributed by atoms with Gasteiger partial charge in [0, 0.05) is 0 Å². The fraction of sp³-hybridized carbons (Fsp3) is 1.00. The second kappa shape index (κ2) is 4.47. The van der Waals surface area contributed by atoms with Crippen LogP contribution in [0.15, 0.2) is 0 Å². The van der Waals surface area contributed by atoms with Gasteiger partial charge < -0.3 is 0 Å². The standard InChI is InChI=1S/C15H28/c1-10(2)13-8-6-12(4)14-7-5-11(3)9-15(13)14/h10-15H,5-9H2,1-4H3/t11-,12+,13-,14-,15+/m1/s1. The van der Waals surface area contributed by atoms with E-state index in [1.165, 1.54) is 32.1 Å². The summed E-state index contributed by atoms with van der Waals surface area (Å²) in [5.74, 6) is 6.10. The lowest BCUT2D eigenvalue weighted by Gasteiger charge is -2.48. The Labute approximate surface area is 95.8 Å². The van der Waals surface area contributed by atoms with Crippen molar-refractivity contribution in [1.82, 2.24) is 0 Å². The molecule has 0 heterocycles. The highest BCUT2D eigenvalue weighted by Crippen LogP contribution is 2.50. The Morgan fingerprint density at radius 3 is 2.27 bits per heavy atom. The Morgan fingerprint density at radius 2 is 1.60 bits per heavy atom. The van der Waals surface area contributed by atoms with Crippen LogP contribution in [0.4, 0.5) is 0 Å². The summed E-state index contributed by atoms with van der Waals surface area (Å²) in [7, 11) is 0. The van der Waals surface area contributed by atoms with Crippen LogP contribution in [0.1, 0.15) is 59.8 Å². The van der Waals surface area contributed by atoms with E-state index >= 15 is 0 Å². The molecule has 0 amide bonds. The van der Waals surface area contributed by atoms with E-state index < -0.39 is 0 Å². The van der Waals surface area contributed by atoms with Crippen molar-refractivity contribution in [2.24, 2.45) is 35.5 Å². The first-order valence-electron chi connectivity index (χ1n) is 7.09. The van der Waals surface area contributed by atoms with Crippen LogP contribution in [-0.2, 0) is 0 Å². The van der Waals surface area contributed by atoms with Crippen molar-refractivity contribution in [3.8, 4) is 0 Å². The molecule has 0 nitrogen and oxygen atoms in total. The van der Waals surface area contributed by atoms with Gasteiger partial charge in [0.15, 0.2) is 0 Å². The zero-order valence-electron chi connectivity index (χ0n) is 11.0. The SMILES string of the molecule is CC(C)[C@H]1CC[C@H](C)[C@H]2CC[C@@H](C)C[C@H]21. The summed E-state index contributed by atoms with van der Waals surface area (Å²) in [4.78, 5) is 0. The molecule has 2 aliphatic rings. The van der Waals surface area contributed by atoms with Crippen molar-refractivity contribution in [2.75, 3.05) is 0 Å². The molecule has 0 aromatic rings. The Morgan fingerprint density at radius 1 is 0.867 bits per heavy atom. The van der Waals surface area contributed by atoms with Crippen LogP contribution < -0.4 is 0 Å². The van der Waals surface area contributed by atoms with Crippen LogP contribution in [0.25, 0.3) is 0 Å². The van der Waals surface area contributed by atoms with E-state index in [1.807, 2.05) is 0 Å². The summed E-state index contributed by atoms with van der Waals surface area (Å²) >= 11 is 0. The summed E-state index contributed by atoms with van der Waals surface area (Å²) in [5, 5.41) is 0. The Hall–Kier alpha value is 0. The average molecular weight is 208 g/mol. The Bertz CT molecular complexity index is 202. The molecule has 0 aliphatic heterocycles. The van der Waals surface area contributed by atoms with Gasteiger partial charge in [-0.3, -0.25) is 0 Å². The van der Waals surface area contributed by atoms with E-state index in [9.17, 15) is 0 Å². The molecule has 0 unspecified atom stereocenters. The second-order valence-electron chi connectivity index (χ2n) is 6.71. The van der Waals surface area contributed by atoms with E-state index in [2.05, 4.69) is 27.7 Å². The maximum atomic E-state index is 2.50. The molecule has 2 aliphatic carbocycles. The van der Waals surface area contributed by atoms with Gasteiger partial charge in [-0.25, -0.2) is 0 Å². The molecule has 0 aromatic heterocycles. The van der Waals surface area contributed by atoms with E-state index in [-0.39, 0.29) is 0 Å². The molecule has 0 heteroatoms. The van der Waals surface area contributed by atoms with Crippen molar-refractivity contribution in [3.63, 3.8) is 0 Å². The first kappa shape index (κ1) is 11.5. The molecule has 5 atom stereocenters. The van der Waals surface area contributed by atoms with E-state index in [0.717, 1.165) is 35.5 Å². The van der Waals surface area contributed by atoms with Crippen LogP contribution in [-0.4, -0.2) is 0 Å². The molecule has 0 spiro atoms. The average Bonchev–Trinajstić information content (AvgIpc) is 2.17. The molecular weight excluding hydrogens is 180 g/mol. The molecule has 0 radical (unpaired) electrons. The van der Waals surface area contributed by atoms with Crippen molar-refractivity contribution in [2.45, 2.75) is 59.8 Å². The van der Waals surface area contributed by atoms with Crippen LogP contribution in [0.3, 0.4) is 0 Å². The monoisotopic (exact) mass is 208 g/mol. The number of hydrogen-bond acceptors (Lipinski definition) is 0. The lowest BCUT2D eigenvalue weighted by atomic mass is 9.57. The third kappa shape index (κ3) is 2.24. The molecule has 0 aromatic carbocycles. The third-order valence-corrected chi connectivity index (χ3v) is 5.31. The predicted molar refractivity (Wildman–Crippen MR) is 66.7 cm³/mol. The maximum absolute atomic E-state index is 2.50. The highest BCUT2D eigenvalue weighted by Gasteiger charge is 2.41. The highest BCUT2D eigenvalue weighted by molar-refractivity contribution is 4.90. The first-order valence-corrected chi connectivity index (χ1v) is 7.09. The van der Waals surface area contributed by atoms with E-state index in [0.29, 0.717) is 0 Å². The fourth-order valence-electron chi connectivity index (χ4n) is 4.36. The topological polar surface area (TPSA) is 0 Å². The molecule has 2 saturated carbocycles. The minimum absolute atomic E-state index is 0.912. The number of fused-ring (bicyclic) bond motifs is 1. The summed E-state index contributed by atoms with van der Waals surface area (Å²) in [6.07, 6.45) is 7.55. The predicted octanol–water partition coefficient (Wildman–Crippen LogP) is 4.74. The van der Waals surface area contributed by atoms with Crippen LogP contribution in [0.2, 0.25) is 0 Å². The van der Waals surface area contributed by atoms with Crippen molar-refractivity contribution < 1.29 is 0 Å². The lowest BCUT2D eigenvalue weighted by Crippen LogP contribution is -2.39. The van der Waals surface area contributed by atoms with Crippen LogP contribution >= 0.6 is 0 Å². The molecule has 88 valence electrons. The summed E-state index contributed by atoms with van der Waals surface area (Å²) in [6, 6.07) is 0. The fourth-order valence-corrected chi connectivity index (χ4v) is 4.36. The smallest absolute Gasteiger partial charge is 0.0350 e. The quantitative estimate of drug-likeness (QED) is 0.584. The first-order chi connectivity index (χ1) is 7.09. The van der Waals surface area contributed by atoms with Crippen molar-refractivity contribution in [3.05, 3.63) is 0 Å². The zero-order chi connectivity index (χ0) is 11.0. The van der Waals surface area contributed by atoms with Gasteiger partial charge in [-0.15, -0.1) is 0 Å². The maximum Gasteiger partial charge on any atom is -0.0350 e. The molecular formula is C15H28. The van der Waals surface area contributed by atoms with Crippen LogP contribution in [0, 0.1) is 35.5 Å². The zero-order valence-corrected chi connectivity index (χ0v) is 11.0. The van der Waals surface area contributed by atoms with Crippen molar-refractivity contribution in [1.29, 1.82) is 0 Å². The molecule has 0 bridgehead atoms. The van der Waals surface area contributed by atoms with Gasteiger partial charge in [-0.05, 0) is 54.8 Å². The summed E-state index contributed by atoms with van der Waals surface area (Å²) in [6.45, 7) is 9.85. The van der Waals surface area contributed by atoms with Gasteiger partial charge in [0.1, 0.15) is 0 Å². The Kier molecular flexibility index (Phi) is 3.42. The second-order valence-corrected chi connectivity index (χ2v) is 6.71. The Balaban J connectivity index is 2.10. The van der Waals surface area contributed by atoms with E-state index in [1.54, 1.807) is 0 Å². The number of hydrogen-bond donors (Lipinski definition) is 0. The normalized spacial score (nSPS) is 46.6.